The predicted molar refractivity (Wildman–Crippen MR) is 117 cm³/mol. The van der Waals surface area contributed by atoms with Crippen molar-refractivity contribution >= 4 is 0 Å². The van der Waals surface area contributed by atoms with Gasteiger partial charge in [-0.25, -0.2) is 13.3 Å². The van der Waals surface area contributed by atoms with Crippen LogP contribution in [0, 0.1) is 11.6 Å². The van der Waals surface area contributed by atoms with E-state index in [0.29, 0.717) is 0 Å². The van der Waals surface area contributed by atoms with Crippen molar-refractivity contribution in [2.75, 3.05) is 0 Å². The van der Waals surface area contributed by atoms with Gasteiger partial charge in [0.25, 0.3) is 0 Å². The smallest absolute Gasteiger partial charge is 0.172 e. The first-order valence-electron chi connectivity index (χ1n) is 10.4. The van der Waals surface area contributed by atoms with E-state index < -0.39 is 0 Å². The minimum Gasteiger partial charge on any atom is -1.00 e. The largest absolute Gasteiger partial charge is 1.00 e. The van der Waals surface area contributed by atoms with E-state index in [1.54, 1.807) is 0 Å². The van der Waals surface area contributed by atoms with Gasteiger partial charge in [0, 0.05) is 24.5 Å². The predicted octanol–water partition coefficient (Wildman–Crippen LogP) is 3.66. The molecule has 1 aromatic heterocycles. The molecule has 0 saturated heterocycles. The lowest BCUT2D eigenvalue weighted by atomic mass is 9.87. The topological polar surface area (TPSA) is 13.1 Å². The third kappa shape index (κ3) is 6.60. The highest BCUT2D eigenvalue weighted by Gasteiger charge is 2.15. The highest BCUT2D eigenvalue weighted by atomic mass is 127. The van der Waals surface area contributed by atoms with Crippen LogP contribution in [0.15, 0.2) is 103 Å². The van der Waals surface area contributed by atoms with Gasteiger partial charge in [0.05, 0.1) is 0 Å². The first-order chi connectivity index (χ1) is 15.2. The number of benzene rings is 3. The zero-order chi connectivity index (χ0) is 21.5. The maximum atomic E-state index is 13.4. The molecule has 0 aliphatic rings. The van der Waals surface area contributed by atoms with E-state index in [1.165, 1.54) is 24.3 Å². The molecule has 0 N–H and O–H groups in total. The summed E-state index contributed by atoms with van der Waals surface area (Å²) in [5.41, 5.74) is 2.06. The highest BCUT2D eigenvalue weighted by molar-refractivity contribution is 5.33. The number of ether oxygens (including phenoxy) is 1. The van der Waals surface area contributed by atoms with Crippen LogP contribution in [0.2, 0.25) is 0 Å². The van der Waals surface area contributed by atoms with Crippen LogP contribution in [0.5, 0.6) is 11.5 Å². The summed E-state index contributed by atoms with van der Waals surface area (Å²) in [5, 5.41) is 0. The molecule has 164 valence electrons. The number of aryl methyl sites for hydroxylation is 1. The van der Waals surface area contributed by atoms with Crippen molar-refractivity contribution in [2.24, 2.45) is 0 Å². The van der Waals surface area contributed by atoms with E-state index in [1.807, 2.05) is 79.1 Å². The molecule has 3 aromatic carbocycles. The monoisotopic (exact) mass is 543 g/mol. The van der Waals surface area contributed by atoms with Crippen molar-refractivity contribution in [1.29, 1.82) is 0 Å². The number of para-hydroxylation sites is 1. The molecule has 0 spiro atoms. The normalized spacial score (nSPS) is 10.6. The lowest BCUT2D eigenvalue weighted by Gasteiger charge is -2.17. The fourth-order valence-corrected chi connectivity index (χ4v) is 3.68. The molecule has 1 heterocycles. The highest BCUT2D eigenvalue weighted by Crippen LogP contribution is 2.29. The van der Waals surface area contributed by atoms with Gasteiger partial charge < -0.3 is 28.7 Å². The van der Waals surface area contributed by atoms with Crippen LogP contribution in [-0.4, -0.2) is 0 Å². The second-order valence-corrected chi connectivity index (χ2v) is 7.48. The van der Waals surface area contributed by atoms with E-state index in [4.69, 9.17) is 4.74 Å². The zero-order valence-corrected chi connectivity index (χ0v) is 19.7. The van der Waals surface area contributed by atoms with E-state index >= 15 is 0 Å². The molecule has 0 amide bonds. The van der Waals surface area contributed by atoms with Crippen LogP contribution < -0.4 is 33.3 Å². The summed E-state index contributed by atoms with van der Waals surface area (Å²) in [7, 11) is 0. The molecule has 0 radical (unpaired) electrons. The summed E-state index contributed by atoms with van der Waals surface area (Å²) in [6, 6.07) is 26.7. The molecule has 5 heteroatoms. The fourth-order valence-electron chi connectivity index (χ4n) is 3.68. The Kier molecular flexibility index (Phi) is 8.73. The lowest BCUT2D eigenvalue weighted by molar-refractivity contribution is -0.697. The Morgan fingerprint density at radius 2 is 1.16 bits per heavy atom. The number of hydrogen-bond donors (Lipinski definition) is 0. The Labute approximate surface area is 204 Å². The molecular weight excluding hydrogens is 519 g/mol. The zero-order valence-electron chi connectivity index (χ0n) is 17.5. The third-order valence-corrected chi connectivity index (χ3v) is 5.29. The Hall–Kier alpha value is -2.80. The van der Waals surface area contributed by atoms with E-state index in [9.17, 15) is 8.78 Å². The van der Waals surface area contributed by atoms with Crippen molar-refractivity contribution < 1.29 is 42.1 Å². The Balaban J connectivity index is 0.00000289. The average Bonchev–Trinajstić information content (AvgIpc) is 2.80. The molecule has 0 aliphatic heterocycles. The van der Waals surface area contributed by atoms with Gasteiger partial charge in [-0.15, -0.1) is 0 Å². The molecule has 4 aromatic rings. The molecule has 0 aliphatic carbocycles. The van der Waals surface area contributed by atoms with Gasteiger partial charge >= 0.3 is 0 Å². The average molecular weight is 543 g/mol. The summed E-state index contributed by atoms with van der Waals surface area (Å²) < 4.78 is 34.7. The molecular formula is C27H24F2INO. The van der Waals surface area contributed by atoms with Gasteiger partial charge in [0.1, 0.15) is 29.7 Å². The molecule has 0 saturated carbocycles. The molecule has 32 heavy (non-hydrogen) atoms. The second kappa shape index (κ2) is 11.7. The van der Waals surface area contributed by atoms with Crippen LogP contribution >= 0.6 is 0 Å². The van der Waals surface area contributed by atoms with Gasteiger partial charge in [-0.05, 0) is 53.9 Å². The van der Waals surface area contributed by atoms with Crippen molar-refractivity contribution in [3.8, 4) is 11.5 Å². The van der Waals surface area contributed by atoms with Crippen LogP contribution in [0.1, 0.15) is 29.9 Å². The second-order valence-electron chi connectivity index (χ2n) is 7.48. The number of aromatic nitrogens is 1. The Morgan fingerprint density at radius 1 is 0.656 bits per heavy atom. The maximum Gasteiger partial charge on any atom is 0.172 e. The minimum atomic E-state index is -0.255. The number of hydrogen-bond acceptors (Lipinski definition) is 1. The number of pyridine rings is 1. The van der Waals surface area contributed by atoms with Gasteiger partial charge in [-0.2, -0.15) is 0 Å². The molecule has 0 fully saturated rings. The van der Waals surface area contributed by atoms with E-state index in [2.05, 4.69) is 4.57 Å². The Bertz CT molecular complexity index is 1040. The maximum absolute atomic E-state index is 13.4. The van der Waals surface area contributed by atoms with E-state index in [-0.39, 0.29) is 41.5 Å². The summed E-state index contributed by atoms with van der Waals surface area (Å²) in [6.07, 6.45) is 5.79. The van der Waals surface area contributed by atoms with Gasteiger partial charge in [-0.3, -0.25) is 0 Å². The first-order valence-corrected chi connectivity index (χ1v) is 10.4. The summed E-state index contributed by atoms with van der Waals surface area (Å²) >= 11 is 0. The quantitative estimate of drug-likeness (QED) is 0.244. The number of halogens is 3. The van der Waals surface area contributed by atoms with Crippen molar-refractivity contribution in [1.82, 2.24) is 0 Å². The molecule has 0 unspecified atom stereocenters. The minimum absolute atomic E-state index is 0. The van der Waals surface area contributed by atoms with Gasteiger partial charge in [0.2, 0.25) is 0 Å². The number of rotatable bonds is 8. The van der Waals surface area contributed by atoms with Crippen molar-refractivity contribution in [3.05, 3.63) is 126 Å². The fraction of sp³-hybridized carbons (Fsp3) is 0.148. The van der Waals surface area contributed by atoms with Crippen LogP contribution in [0.25, 0.3) is 0 Å². The van der Waals surface area contributed by atoms with Crippen molar-refractivity contribution in [2.45, 2.75) is 25.3 Å². The number of nitrogens with zero attached hydrogens (tertiary/aromatic N) is 1. The summed E-state index contributed by atoms with van der Waals surface area (Å²) in [6.45, 7) is 0.838. The van der Waals surface area contributed by atoms with E-state index in [0.717, 1.165) is 42.0 Å². The third-order valence-electron chi connectivity index (χ3n) is 5.29. The first kappa shape index (κ1) is 23.9. The standard InChI is InChI=1S/C27H24F2NO.HI/c28-23-12-8-21(9-13-23)27(22-10-14-24(29)15-11-22)7-4-18-30-19-16-26(17-20-30)31-25-5-2-1-3-6-25;/h1-3,5-6,8-17,19-20,27H,4,7,18H2;1H/q+1;/p-1. The molecule has 4 rings (SSSR count). The summed E-state index contributed by atoms with van der Waals surface area (Å²) in [5.74, 6) is 1.17. The van der Waals surface area contributed by atoms with Crippen LogP contribution in [0.4, 0.5) is 8.78 Å². The molecule has 0 atom stereocenters. The summed E-state index contributed by atoms with van der Waals surface area (Å²) in [4.78, 5) is 0. The van der Waals surface area contributed by atoms with Crippen LogP contribution in [0.3, 0.4) is 0 Å². The molecule has 0 bridgehead atoms. The Morgan fingerprint density at radius 3 is 1.69 bits per heavy atom. The molecule has 2 nitrogen and oxygen atoms in total. The van der Waals surface area contributed by atoms with Gasteiger partial charge in [0.15, 0.2) is 12.4 Å². The van der Waals surface area contributed by atoms with Gasteiger partial charge in [-0.1, -0.05) is 42.5 Å². The van der Waals surface area contributed by atoms with Crippen molar-refractivity contribution in [3.63, 3.8) is 0 Å². The lowest BCUT2D eigenvalue weighted by Crippen LogP contribution is -3.00. The van der Waals surface area contributed by atoms with Crippen LogP contribution in [-0.2, 0) is 6.54 Å². The SMILES string of the molecule is Fc1ccc(C(CCC[n+]2ccc(Oc3ccccc3)cc2)c2ccc(F)cc2)cc1.[I-].